The van der Waals surface area contributed by atoms with Crippen molar-refractivity contribution < 1.29 is 19.1 Å². The number of carbonyl (C=O) groups excluding carboxylic acids is 2. The van der Waals surface area contributed by atoms with Crippen LogP contribution in [-0.4, -0.2) is 62.5 Å². The number of hydrogen-bond acceptors (Lipinski definition) is 6. The summed E-state index contributed by atoms with van der Waals surface area (Å²) in [6, 6.07) is 20.3. The lowest BCUT2D eigenvalue weighted by molar-refractivity contribution is -0.119. The third kappa shape index (κ3) is 6.85. The van der Waals surface area contributed by atoms with Gasteiger partial charge in [0.1, 0.15) is 5.78 Å². The zero-order valence-electron chi connectivity index (χ0n) is 26.8. The molecule has 3 aliphatic rings. The Morgan fingerprint density at radius 1 is 0.956 bits per heavy atom. The molecule has 1 saturated carbocycles. The van der Waals surface area contributed by atoms with Gasteiger partial charge in [0.15, 0.2) is 11.5 Å². The highest BCUT2D eigenvalue weighted by Gasteiger charge is 2.36. The van der Waals surface area contributed by atoms with E-state index in [1.54, 1.807) is 7.11 Å². The number of anilines is 2. The molecule has 45 heavy (non-hydrogen) atoms. The van der Waals surface area contributed by atoms with Crippen LogP contribution in [0.3, 0.4) is 0 Å². The van der Waals surface area contributed by atoms with Crippen molar-refractivity contribution in [1.82, 2.24) is 4.90 Å². The number of ether oxygens (including phenoxy) is 2. The average molecular weight is 630 g/mol. The molecule has 1 atom stereocenters. The molecular weight excluding hydrogens is 586 g/mol. The van der Waals surface area contributed by atoms with E-state index in [0.29, 0.717) is 40.8 Å². The number of methoxy groups -OCH3 is 1. The molecule has 1 amide bonds. The number of hydrogen-bond donors (Lipinski definition) is 0. The minimum absolute atomic E-state index is 0.0254. The molecule has 238 valence electrons. The molecule has 0 bridgehead atoms. The summed E-state index contributed by atoms with van der Waals surface area (Å²) in [7, 11) is 3.78. The number of ketones is 1. The zero-order chi connectivity index (χ0) is 31.7. The van der Waals surface area contributed by atoms with Gasteiger partial charge in [0.2, 0.25) is 5.91 Å². The van der Waals surface area contributed by atoms with Crippen LogP contribution in [0.1, 0.15) is 68.7 Å². The van der Waals surface area contributed by atoms with E-state index in [-0.39, 0.29) is 24.5 Å². The number of fused-ring (bicyclic) bond motifs is 1. The van der Waals surface area contributed by atoms with Gasteiger partial charge in [0.05, 0.1) is 32.2 Å². The summed E-state index contributed by atoms with van der Waals surface area (Å²) >= 11 is 6.28. The van der Waals surface area contributed by atoms with Crippen LogP contribution in [0.25, 0.3) is 0 Å². The molecule has 1 aliphatic carbocycles. The highest BCUT2D eigenvalue weighted by Crippen LogP contribution is 2.44. The number of likely N-dealkylation sites (tertiary alicyclic amines) is 1. The molecule has 1 saturated heterocycles. The number of nitrogens with zero attached hydrogens (tertiary/aromatic N) is 3. The number of Topliss-reactive ketones (excluding diaryl/α,β-unsaturated/α-hetero) is 1. The fourth-order valence-electron chi connectivity index (χ4n) is 7.35. The van der Waals surface area contributed by atoms with Crippen LogP contribution >= 0.6 is 11.6 Å². The summed E-state index contributed by atoms with van der Waals surface area (Å²) in [6.45, 7) is 6.56. The predicted molar refractivity (Wildman–Crippen MR) is 180 cm³/mol. The van der Waals surface area contributed by atoms with E-state index in [0.717, 1.165) is 47.6 Å². The summed E-state index contributed by atoms with van der Waals surface area (Å²) in [5.41, 5.74) is 4.92. The lowest BCUT2D eigenvalue weighted by Gasteiger charge is -2.38. The first-order chi connectivity index (χ1) is 21.7. The van der Waals surface area contributed by atoms with Crippen molar-refractivity contribution in [3.05, 3.63) is 82.4 Å². The van der Waals surface area contributed by atoms with Gasteiger partial charge in [-0.05, 0) is 111 Å². The fourth-order valence-corrected chi connectivity index (χ4v) is 7.47. The van der Waals surface area contributed by atoms with E-state index in [4.69, 9.17) is 21.1 Å². The van der Waals surface area contributed by atoms with Crippen LogP contribution in [0.15, 0.2) is 60.7 Å². The largest absolute Gasteiger partial charge is 0.493 e. The Balaban J connectivity index is 1.22. The monoisotopic (exact) mass is 629 g/mol. The van der Waals surface area contributed by atoms with Crippen molar-refractivity contribution in [2.75, 3.05) is 43.6 Å². The van der Waals surface area contributed by atoms with Crippen LogP contribution < -0.4 is 19.3 Å². The maximum absolute atomic E-state index is 13.9. The molecule has 0 N–H and O–H groups in total. The van der Waals surface area contributed by atoms with Crippen molar-refractivity contribution in [2.24, 2.45) is 5.92 Å². The highest BCUT2D eigenvalue weighted by molar-refractivity contribution is 6.30. The topological polar surface area (TPSA) is 62.3 Å². The van der Waals surface area contributed by atoms with Gasteiger partial charge in [-0.1, -0.05) is 23.7 Å². The summed E-state index contributed by atoms with van der Waals surface area (Å²) in [5.74, 6) is 2.35. The van der Waals surface area contributed by atoms with Gasteiger partial charge in [-0.2, -0.15) is 0 Å². The van der Waals surface area contributed by atoms with E-state index in [1.165, 1.54) is 25.7 Å². The lowest BCUT2D eigenvalue weighted by Crippen LogP contribution is -2.41. The molecule has 7 nitrogen and oxygen atoms in total. The van der Waals surface area contributed by atoms with Gasteiger partial charge in [-0.3, -0.25) is 14.5 Å². The number of amides is 1. The molecule has 6 rings (SSSR count). The molecule has 2 heterocycles. The van der Waals surface area contributed by atoms with E-state index >= 15 is 0 Å². The summed E-state index contributed by atoms with van der Waals surface area (Å²) in [4.78, 5) is 32.3. The van der Waals surface area contributed by atoms with Crippen molar-refractivity contribution in [3.63, 3.8) is 0 Å². The van der Waals surface area contributed by atoms with E-state index < -0.39 is 0 Å². The number of benzene rings is 3. The summed E-state index contributed by atoms with van der Waals surface area (Å²) < 4.78 is 11.8. The normalized spacial score (nSPS) is 22.1. The van der Waals surface area contributed by atoms with E-state index in [9.17, 15) is 9.59 Å². The Labute approximate surface area is 272 Å². The first-order valence-corrected chi connectivity index (χ1v) is 16.6. The van der Waals surface area contributed by atoms with Crippen molar-refractivity contribution in [2.45, 2.75) is 70.6 Å². The van der Waals surface area contributed by atoms with Gasteiger partial charge in [-0.15, -0.1) is 0 Å². The third-order valence-electron chi connectivity index (χ3n) is 9.63. The molecule has 3 aromatic rings. The van der Waals surface area contributed by atoms with Crippen LogP contribution in [0.4, 0.5) is 11.4 Å². The smallest absolute Gasteiger partial charge is 0.232 e. The molecule has 0 spiro atoms. The van der Waals surface area contributed by atoms with E-state index in [1.807, 2.05) is 55.1 Å². The number of rotatable bonds is 9. The molecule has 3 aromatic carbocycles. The highest BCUT2D eigenvalue weighted by atomic mass is 35.5. The minimum atomic E-state index is -0.344. The Bertz CT molecular complexity index is 1520. The molecule has 8 heteroatoms. The quantitative estimate of drug-likeness (QED) is 0.252. The maximum Gasteiger partial charge on any atom is 0.232 e. The average Bonchev–Trinajstić information content (AvgIpc) is 3.47. The molecule has 2 fully saturated rings. The second kappa shape index (κ2) is 13.4. The standard InChI is InChI=1S/C37H44ClN3O4/c1-24(2)45-35-21-33-27(19-34(35)44-4)20-36(43)41(37(33)26-7-9-28(38)10-8-26)31-15-13-29(14-16-31)39(3)22-25-5-11-30(12-6-25)40-18-17-32(42)23-40/h7-10,13-16,19,21,24-25,30,37H,5-6,11-12,17-18,20,22-23H2,1-4H3/t25?,30?,37-/m0/s1. The Morgan fingerprint density at radius 3 is 2.29 bits per heavy atom. The second-order valence-electron chi connectivity index (χ2n) is 13.1. The minimum Gasteiger partial charge on any atom is -0.493 e. The molecular formula is C37H44ClN3O4. The Kier molecular flexibility index (Phi) is 9.39. The Morgan fingerprint density at radius 2 is 1.67 bits per heavy atom. The van der Waals surface area contributed by atoms with Crippen LogP contribution in [0.2, 0.25) is 5.02 Å². The van der Waals surface area contributed by atoms with Crippen molar-refractivity contribution in [3.8, 4) is 11.5 Å². The van der Waals surface area contributed by atoms with Crippen LogP contribution in [0.5, 0.6) is 11.5 Å². The number of halogens is 1. The molecule has 2 aliphatic heterocycles. The van der Waals surface area contributed by atoms with Gasteiger partial charge in [0, 0.05) is 49.0 Å². The summed E-state index contributed by atoms with van der Waals surface area (Å²) in [5, 5.41) is 0.651. The Hall–Kier alpha value is -3.55. The molecule has 0 aromatic heterocycles. The fraction of sp³-hybridized carbons (Fsp3) is 0.459. The van der Waals surface area contributed by atoms with Gasteiger partial charge in [0.25, 0.3) is 0 Å². The summed E-state index contributed by atoms with van der Waals surface area (Å²) in [6.07, 6.45) is 5.69. The van der Waals surface area contributed by atoms with Gasteiger partial charge in [-0.25, -0.2) is 0 Å². The second-order valence-corrected chi connectivity index (χ2v) is 13.5. The predicted octanol–water partition coefficient (Wildman–Crippen LogP) is 7.08. The molecule has 0 radical (unpaired) electrons. The van der Waals surface area contributed by atoms with Crippen LogP contribution in [-0.2, 0) is 16.0 Å². The van der Waals surface area contributed by atoms with Crippen molar-refractivity contribution >= 4 is 34.7 Å². The van der Waals surface area contributed by atoms with Gasteiger partial charge >= 0.3 is 0 Å². The zero-order valence-corrected chi connectivity index (χ0v) is 27.6. The molecule has 0 unspecified atom stereocenters. The van der Waals surface area contributed by atoms with Gasteiger partial charge < -0.3 is 19.3 Å². The SMILES string of the molecule is COc1cc2c(cc1OC(C)C)[C@H](c1ccc(Cl)cc1)N(c1ccc(N(C)CC3CCC(N4CCC(=O)C4)CC3)cc1)C(=O)C2. The lowest BCUT2D eigenvalue weighted by atomic mass is 9.85. The maximum atomic E-state index is 13.9. The van der Waals surface area contributed by atoms with Crippen LogP contribution in [0, 0.1) is 5.92 Å². The first-order valence-electron chi connectivity index (χ1n) is 16.2. The third-order valence-corrected chi connectivity index (χ3v) is 9.88. The number of carbonyl (C=O) groups is 2. The first kappa shape index (κ1) is 31.4. The van der Waals surface area contributed by atoms with Crippen molar-refractivity contribution in [1.29, 1.82) is 0 Å². The van der Waals surface area contributed by atoms with E-state index in [2.05, 4.69) is 41.1 Å².